The minimum absolute atomic E-state index is 0.305. The Kier molecular flexibility index (Phi) is 4.82. The molecule has 0 aromatic carbocycles. The smallest absolute Gasteiger partial charge is 0.324 e. The highest BCUT2D eigenvalue weighted by molar-refractivity contribution is 7.52. The van der Waals surface area contributed by atoms with Crippen LogP contribution in [0.5, 0.6) is 0 Å². The standard InChI is InChI=1S/C11H23O3P/c1-3-4-10-15(12,13)14-11(2)8-6-5-7-9-11/h3-10H2,1-2H3,(H,12,13). The van der Waals surface area contributed by atoms with Crippen molar-refractivity contribution in [1.82, 2.24) is 0 Å². The fourth-order valence-corrected chi connectivity index (χ4v) is 3.82. The second kappa shape index (κ2) is 5.47. The van der Waals surface area contributed by atoms with Crippen LogP contribution in [0.4, 0.5) is 0 Å². The van der Waals surface area contributed by atoms with E-state index in [1.807, 2.05) is 13.8 Å². The summed E-state index contributed by atoms with van der Waals surface area (Å²) in [6, 6.07) is 0. The van der Waals surface area contributed by atoms with Crippen LogP contribution in [0.2, 0.25) is 0 Å². The summed E-state index contributed by atoms with van der Waals surface area (Å²) in [7, 11) is -3.34. The van der Waals surface area contributed by atoms with Gasteiger partial charge in [0, 0.05) is 6.16 Å². The van der Waals surface area contributed by atoms with Crippen molar-refractivity contribution in [3.63, 3.8) is 0 Å². The van der Waals surface area contributed by atoms with E-state index in [1.165, 1.54) is 6.42 Å². The van der Waals surface area contributed by atoms with Crippen molar-refractivity contribution in [2.75, 3.05) is 6.16 Å². The maximum absolute atomic E-state index is 11.8. The van der Waals surface area contributed by atoms with E-state index < -0.39 is 7.60 Å². The van der Waals surface area contributed by atoms with Gasteiger partial charge in [-0.2, -0.15) is 0 Å². The molecule has 0 amide bonds. The first-order valence-corrected chi connectivity index (χ1v) is 7.76. The third kappa shape index (κ3) is 4.67. The predicted octanol–water partition coefficient (Wildman–Crippen LogP) is 3.71. The van der Waals surface area contributed by atoms with Crippen LogP contribution in [0.15, 0.2) is 0 Å². The van der Waals surface area contributed by atoms with Crippen LogP contribution in [0, 0.1) is 0 Å². The zero-order valence-corrected chi connectivity index (χ0v) is 10.8. The van der Waals surface area contributed by atoms with E-state index in [9.17, 15) is 9.46 Å². The Morgan fingerprint density at radius 1 is 1.33 bits per heavy atom. The molecule has 1 aliphatic carbocycles. The topological polar surface area (TPSA) is 46.5 Å². The monoisotopic (exact) mass is 234 g/mol. The average molecular weight is 234 g/mol. The third-order valence-electron chi connectivity index (χ3n) is 3.07. The maximum Gasteiger partial charge on any atom is 0.328 e. The van der Waals surface area contributed by atoms with E-state index in [0.29, 0.717) is 6.16 Å². The molecule has 1 N–H and O–H groups in total. The molecular formula is C11H23O3P. The van der Waals surface area contributed by atoms with Crippen LogP contribution in [0.25, 0.3) is 0 Å². The predicted molar refractivity (Wildman–Crippen MR) is 62.2 cm³/mol. The summed E-state index contributed by atoms with van der Waals surface area (Å²) < 4.78 is 17.3. The molecule has 0 aromatic rings. The molecule has 0 aromatic heterocycles. The third-order valence-corrected chi connectivity index (χ3v) is 4.68. The van der Waals surface area contributed by atoms with Gasteiger partial charge < -0.3 is 9.42 Å². The van der Waals surface area contributed by atoms with Crippen molar-refractivity contribution < 1.29 is 14.0 Å². The lowest BCUT2D eigenvalue weighted by Crippen LogP contribution is -2.30. The largest absolute Gasteiger partial charge is 0.328 e. The van der Waals surface area contributed by atoms with Crippen LogP contribution in [0.1, 0.15) is 58.8 Å². The first kappa shape index (κ1) is 13.2. The second-order valence-corrected chi connectivity index (χ2v) is 6.72. The minimum atomic E-state index is -3.34. The Morgan fingerprint density at radius 2 is 1.93 bits per heavy atom. The molecule has 1 unspecified atom stereocenters. The highest BCUT2D eigenvalue weighted by Gasteiger charge is 2.34. The van der Waals surface area contributed by atoms with Gasteiger partial charge in [0.1, 0.15) is 0 Å². The molecule has 1 atom stereocenters. The van der Waals surface area contributed by atoms with Crippen LogP contribution in [0.3, 0.4) is 0 Å². The zero-order chi connectivity index (χ0) is 11.4. The van der Waals surface area contributed by atoms with E-state index >= 15 is 0 Å². The Morgan fingerprint density at radius 3 is 2.47 bits per heavy atom. The Hall–Kier alpha value is 0.150. The molecule has 1 fully saturated rings. The Labute approximate surface area is 92.8 Å². The highest BCUT2D eigenvalue weighted by atomic mass is 31.2. The van der Waals surface area contributed by atoms with Gasteiger partial charge in [0.2, 0.25) is 0 Å². The van der Waals surface area contributed by atoms with Crippen molar-refractivity contribution in [3.8, 4) is 0 Å². The van der Waals surface area contributed by atoms with Gasteiger partial charge in [-0.05, 0) is 26.2 Å². The van der Waals surface area contributed by atoms with Crippen molar-refractivity contribution in [2.24, 2.45) is 0 Å². The van der Waals surface area contributed by atoms with Crippen molar-refractivity contribution in [3.05, 3.63) is 0 Å². The van der Waals surface area contributed by atoms with Crippen LogP contribution in [-0.4, -0.2) is 16.7 Å². The molecule has 4 heteroatoms. The first-order chi connectivity index (χ1) is 6.97. The molecule has 0 saturated heterocycles. The zero-order valence-electron chi connectivity index (χ0n) is 9.87. The van der Waals surface area contributed by atoms with Gasteiger partial charge >= 0.3 is 7.60 Å². The summed E-state index contributed by atoms with van der Waals surface area (Å²) in [6.07, 6.45) is 7.30. The number of rotatable bonds is 5. The highest BCUT2D eigenvalue weighted by Crippen LogP contribution is 2.50. The van der Waals surface area contributed by atoms with E-state index in [2.05, 4.69) is 0 Å². The van der Waals surface area contributed by atoms with Gasteiger partial charge in [-0.25, -0.2) is 0 Å². The van der Waals surface area contributed by atoms with Gasteiger partial charge in [0.15, 0.2) is 0 Å². The van der Waals surface area contributed by atoms with Gasteiger partial charge in [0.25, 0.3) is 0 Å². The summed E-state index contributed by atoms with van der Waals surface area (Å²) in [6.45, 7) is 3.99. The second-order valence-electron chi connectivity index (χ2n) is 4.82. The molecule has 1 saturated carbocycles. The molecule has 1 rings (SSSR count). The minimum Gasteiger partial charge on any atom is -0.324 e. The quantitative estimate of drug-likeness (QED) is 0.737. The Balaban J connectivity index is 2.47. The number of hydrogen-bond acceptors (Lipinski definition) is 2. The number of unbranched alkanes of at least 4 members (excludes halogenated alkanes) is 1. The average Bonchev–Trinajstić information content (AvgIpc) is 2.14. The summed E-state index contributed by atoms with van der Waals surface area (Å²) in [5.41, 5.74) is -0.351. The molecule has 0 aliphatic heterocycles. The normalized spacial score (nSPS) is 24.7. The molecular weight excluding hydrogens is 211 g/mol. The maximum atomic E-state index is 11.8. The van der Waals surface area contributed by atoms with Crippen LogP contribution < -0.4 is 0 Å². The molecule has 90 valence electrons. The Bertz CT molecular complexity index is 234. The van der Waals surface area contributed by atoms with Gasteiger partial charge in [0.05, 0.1) is 5.60 Å². The van der Waals surface area contributed by atoms with Gasteiger partial charge in [-0.15, -0.1) is 0 Å². The summed E-state index contributed by atoms with van der Waals surface area (Å²) in [5, 5.41) is 0. The SMILES string of the molecule is CCCCP(=O)(O)OC1(C)CCCCC1. The fraction of sp³-hybridized carbons (Fsp3) is 1.00. The van der Waals surface area contributed by atoms with Gasteiger partial charge in [-0.3, -0.25) is 4.57 Å². The molecule has 15 heavy (non-hydrogen) atoms. The summed E-state index contributed by atoms with van der Waals surface area (Å²) in [5.74, 6) is 0. The number of hydrogen-bond donors (Lipinski definition) is 1. The van der Waals surface area contributed by atoms with Gasteiger partial charge in [-0.1, -0.05) is 32.6 Å². The van der Waals surface area contributed by atoms with Crippen LogP contribution in [-0.2, 0) is 9.09 Å². The molecule has 0 radical (unpaired) electrons. The van der Waals surface area contributed by atoms with E-state index in [1.54, 1.807) is 0 Å². The molecule has 0 bridgehead atoms. The fourth-order valence-electron chi connectivity index (χ4n) is 2.14. The van der Waals surface area contributed by atoms with Crippen LogP contribution >= 0.6 is 7.60 Å². The van der Waals surface area contributed by atoms with Crippen molar-refractivity contribution in [1.29, 1.82) is 0 Å². The summed E-state index contributed by atoms with van der Waals surface area (Å²) >= 11 is 0. The van der Waals surface area contributed by atoms with Crippen molar-refractivity contribution in [2.45, 2.75) is 64.4 Å². The molecule has 3 nitrogen and oxygen atoms in total. The first-order valence-electron chi connectivity index (χ1n) is 6.00. The van der Waals surface area contributed by atoms with E-state index in [-0.39, 0.29) is 5.60 Å². The lowest BCUT2D eigenvalue weighted by atomic mass is 9.87. The summed E-state index contributed by atoms with van der Waals surface area (Å²) in [4.78, 5) is 9.70. The molecule has 0 spiro atoms. The van der Waals surface area contributed by atoms with E-state index in [4.69, 9.17) is 4.52 Å². The lowest BCUT2D eigenvalue weighted by Gasteiger charge is -2.34. The van der Waals surface area contributed by atoms with Crippen molar-refractivity contribution >= 4 is 7.60 Å². The molecule has 0 heterocycles. The lowest BCUT2D eigenvalue weighted by molar-refractivity contribution is 0.0375. The van der Waals surface area contributed by atoms with E-state index in [0.717, 1.165) is 38.5 Å². The molecule has 1 aliphatic rings.